The van der Waals surface area contributed by atoms with Crippen LogP contribution in [0.4, 0.5) is 5.82 Å². The highest BCUT2D eigenvalue weighted by atomic mass is 35.5. The number of pyridine rings is 1. The first-order valence-corrected chi connectivity index (χ1v) is 6.39. The fourth-order valence-electron chi connectivity index (χ4n) is 2.12. The number of anilines is 1. The summed E-state index contributed by atoms with van der Waals surface area (Å²) in [4.78, 5) is 20.4. The summed E-state index contributed by atoms with van der Waals surface area (Å²) in [5.41, 5.74) is 0. The van der Waals surface area contributed by atoms with Crippen LogP contribution in [-0.4, -0.2) is 55.6 Å². The molecule has 1 N–H and O–H groups in total. The first-order chi connectivity index (χ1) is 8.81. The third kappa shape index (κ3) is 5.15. The van der Waals surface area contributed by atoms with E-state index in [9.17, 15) is 4.79 Å². The lowest BCUT2D eigenvalue weighted by Crippen LogP contribution is -2.49. The molecule has 0 aromatic carbocycles. The van der Waals surface area contributed by atoms with Gasteiger partial charge in [-0.3, -0.25) is 4.79 Å². The summed E-state index contributed by atoms with van der Waals surface area (Å²) >= 11 is 0. The highest BCUT2D eigenvalue weighted by Gasteiger charge is 2.20. The Labute approximate surface area is 132 Å². The number of nitrogens with one attached hydrogen (secondary N) is 1. The number of hydrogen-bond donors (Lipinski definition) is 1. The number of carbonyl (C=O) groups excluding carboxylic acids is 1. The third-order valence-electron chi connectivity index (χ3n) is 3.19. The predicted octanol–water partition coefficient (Wildman–Crippen LogP) is 1.18. The van der Waals surface area contributed by atoms with E-state index >= 15 is 0 Å². The number of hydrogen-bond acceptors (Lipinski definition) is 4. The summed E-state index contributed by atoms with van der Waals surface area (Å²) in [5.74, 6) is 1.24. The highest BCUT2D eigenvalue weighted by molar-refractivity contribution is 5.85. The average molecular weight is 321 g/mol. The second-order valence-corrected chi connectivity index (χ2v) is 4.41. The van der Waals surface area contributed by atoms with Crippen LogP contribution in [-0.2, 0) is 4.79 Å². The molecule has 1 aromatic heterocycles. The van der Waals surface area contributed by atoms with Crippen molar-refractivity contribution in [2.75, 3.05) is 44.7 Å². The van der Waals surface area contributed by atoms with Gasteiger partial charge in [-0.1, -0.05) is 6.07 Å². The zero-order valence-corrected chi connectivity index (χ0v) is 13.3. The minimum absolute atomic E-state index is 0. The lowest BCUT2D eigenvalue weighted by molar-refractivity contribution is -0.131. The lowest BCUT2D eigenvalue weighted by atomic mass is 10.2. The topological polar surface area (TPSA) is 48.5 Å². The minimum atomic E-state index is 0. The van der Waals surface area contributed by atoms with Crippen molar-refractivity contribution in [1.82, 2.24) is 15.2 Å². The number of amides is 1. The van der Waals surface area contributed by atoms with Gasteiger partial charge in [0.25, 0.3) is 0 Å². The molecule has 0 atom stereocenters. The molecule has 1 fully saturated rings. The molecule has 5 nitrogen and oxygen atoms in total. The Kier molecular flexibility index (Phi) is 9.29. The normalized spacial score (nSPS) is 14.2. The van der Waals surface area contributed by atoms with Gasteiger partial charge in [0, 0.05) is 45.3 Å². The Morgan fingerprint density at radius 2 is 1.95 bits per heavy atom. The molecule has 7 heteroatoms. The van der Waals surface area contributed by atoms with Crippen molar-refractivity contribution in [3.05, 3.63) is 24.4 Å². The molecule has 20 heavy (non-hydrogen) atoms. The van der Waals surface area contributed by atoms with Crippen LogP contribution in [0.1, 0.15) is 6.42 Å². The molecule has 0 bridgehead atoms. The molecule has 1 saturated heterocycles. The smallest absolute Gasteiger partial charge is 0.223 e. The highest BCUT2D eigenvalue weighted by Crippen LogP contribution is 2.12. The van der Waals surface area contributed by atoms with E-state index in [1.807, 2.05) is 30.1 Å². The number of halogens is 2. The number of rotatable bonds is 4. The SMILES string of the molecule is CNCCC(=O)N1CCN(c2ccccn2)CC1.Cl.Cl. The molecule has 1 aliphatic rings. The van der Waals surface area contributed by atoms with Crippen LogP contribution in [0.5, 0.6) is 0 Å². The molecule has 0 radical (unpaired) electrons. The van der Waals surface area contributed by atoms with Crippen molar-refractivity contribution in [1.29, 1.82) is 0 Å². The van der Waals surface area contributed by atoms with E-state index < -0.39 is 0 Å². The average Bonchev–Trinajstić information content (AvgIpc) is 2.46. The third-order valence-corrected chi connectivity index (χ3v) is 3.19. The predicted molar refractivity (Wildman–Crippen MR) is 86.1 cm³/mol. The molecular weight excluding hydrogens is 299 g/mol. The second-order valence-electron chi connectivity index (χ2n) is 4.41. The van der Waals surface area contributed by atoms with Gasteiger partial charge in [0.1, 0.15) is 5.82 Å². The van der Waals surface area contributed by atoms with Gasteiger partial charge in [0.15, 0.2) is 0 Å². The van der Waals surface area contributed by atoms with Gasteiger partial charge in [0.2, 0.25) is 5.91 Å². The maximum atomic E-state index is 11.9. The zero-order chi connectivity index (χ0) is 12.8. The van der Waals surface area contributed by atoms with Gasteiger partial charge in [-0.25, -0.2) is 4.98 Å². The molecule has 0 saturated carbocycles. The van der Waals surface area contributed by atoms with Crippen LogP contribution in [0.3, 0.4) is 0 Å². The van der Waals surface area contributed by atoms with Crippen LogP contribution in [0, 0.1) is 0 Å². The van der Waals surface area contributed by atoms with E-state index in [1.54, 1.807) is 6.20 Å². The summed E-state index contributed by atoms with van der Waals surface area (Å²) in [6.07, 6.45) is 2.39. The number of piperazine rings is 1. The van der Waals surface area contributed by atoms with Crippen LogP contribution < -0.4 is 10.2 Å². The largest absolute Gasteiger partial charge is 0.353 e. The molecule has 2 heterocycles. The summed E-state index contributed by atoms with van der Waals surface area (Å²) in [6, 6.07) is 5.92. The van der Waals surface area contributed by atoms with E-state index in [-0.39, 0.29) is 30.7 Å². The fraction of sp³-hybridized carbons (Fsp3) is 0.538. The van der Waals surface area contributed by atoms with Gasteiger partial charge in [-0.15, -0.1) is 24.8 Å². The Balaban J connectivity index is 0.00000180. The van der Waals surface area contributed by atoms with Crippen molar-refractivity contribution in [3.63, 3.8) is 0 Å². The van der Waals surface area contributed by atoms with Crippen molar-refractivity contribution >= 4 is 36.5 Å². The quantitative estimate of drug-likeness (QED) is 0.905. The molecule has 2 rings (SSSR count). The lowest BCUT2D eigenvalue weighted by Gasteiger charge is -2.35. The van der Waals surface area contributed by atoms with E-state index in [4.69, 9.17) is 0 Å². The maximum Gasteiger partial charge on any atom is 0.223 e. The van der Waals surface area contributed by atoms with Gasteiger partial charge in [-0.2, -0.15) is 0 Å². The summed E-state index contributed by atoms with van der Waals surface area (Å²) in [5, 5.41) is 3.00. The molecule has 1 amide bonds. The number of carbonyl (C=O) groups is 1. The molecule has 0 spiro atoms. The molecule has 0 unspecified atom stereocenters. The summed E-state index contributed by atoms with van der Waals surface area (Å²) in [6.45, 7) is 4.06. The fourth-order valence-corrected chi connectivity index (χ4v) is 2.12. The minimum Gasteiger partial charge on any atom is -0.353 e. The first-order valence-electron chi connectivity index (χ1n) is 6.39. The van der Waals surface area contributed by atoms with Gasteiger partial charge in [0.05, 0.1) is 0 Å². The summed E-state index contributed by atoms with van der Waals surface area (Å²) < 4.78 is 0. The van der Waals surface area contributed by atoms with E-state index in [2.05, 4.69) is 15.2 Å². The molecule has 1 aliphatic heterocycles. The van der Waals surface area contributed by atoms with Crippen LogP contribution >= 0.6 is 24.8 Å². The zero-order valence-electron chi connectivity index (χ0n) is 11.6. The molecular formula is C13H22Cl2N4O. The molecule has 0 aliphatic carbocycles. The maximum absolute atomic E-state index is 11.9. The van der Waals surface area contributed by atoms with Gasteiger partial charge < -0.3 is 15.1 Å². The van der Waals surface area contributed by atoms with Crippen molar-refractivity contribution in [2.45, 2.75) is 6.42 Å². The Hall–Kier alpha value is -1.04. The Bertz CT molecular complexity index is 383. The standard InChI is InChI=1S/C13H20N4O.2ClH/c1-14-7-5-13(18)17-10-8-16(9-11-17)12-4-2-3-6-15-12;;/h2-4,6,14H,5,7-11H2,1H3;2*1H. The molecule has 1 aromatic rings. The van der Waals surface area contributed by atoms with Crippen molar-refractivity contribution in [2.24, 2.45) is 0 Å². The second kappa shape index (κ2) is 9.80. The van der Waals surface area contributed by atoms with Gasteiger partial charge >= 0.3 is 0 Å². The molecule has 114 valence electrons. The van der Waals surface area contributed by atoms with Gasteiger partial charge in [-0.05, 0) is 19.2 Å². The number of aromatic nitrogens is 1. The van der Waals surface area contributed by atoms with Crippen molar-refractivity contribution in [3.8, 4) is 0 Å². The van der Waals surface area contributed by atoms with Crippen LogP contribution in [0.15, 0.2) is 24.4 Å². The van der Waals surface area contributed by atoms with E-state index in [0.717, 1.165) is 38.5 Å². The van der Waals surface area contributed by atoms with E-state index in [1.165, 1.54) is 0 Å². The van der Waals surface area contributed by atoms with Crippen LogP contribution in [0.2, 0.25) is 0 Å². The number of nitrogens with zero attached hydrogens (tertiary/aromatic N) is 3. The monoisotopic (exact) mass is 320 g/mol. The summed E-state index contributed by atoms with van der Waals surface area (Å²) in [7, 11) is 1.87. The van der Waals surface area contributed by atoms with Crippen molar-refractivity contribution < 1.29 is 4.79 Å². The van der Waals surface area contributed by atoms with E-state index in [0.29, 0.717) is 6.42 Å². The Morgan fingerprint density at radius 1 is 1.25 bits per heavy atom. The Morgan fingerprint density at radius 3 is 2.50 bits per heavy atom. The first kappa shape index (κ1) is 19.0. The van der Waals surface area contributed by atoms with Crippen LogP contribution in [0.25, 0.3) is 0 Å².